The minimum Gasteiger partial charge on any atom is -0.384 e. The first-order valence-electron chi connectivity index (χ1n) is 9.41. The van der Waals surface area contributed by atoms with Gasteiger partial charge in [0.1, 0.15) is 11.4 Å². The van der Waals surface area contributed by atoms with Gasteiger partial charge in [-0.1, -0.05) is 42.0 Å². The van der Waals surface area contributed by atoms with Crippen molar-refractivity contribution in [2.45, 2.75) is 44.9 Å². The Morgan fingerprint density at radius 3 is 2.74 bits per heavy atom. The Bertz CT molecular complexity index is 789. The zero-order valence-corrected chi connectivity index (χ0v) is 15.9. The quantitative estimate of drug-likeness (QED) is 0.821. The van der Waals surface area contributed by atoms with Gasteiger partial charge in [-0.2, -0.15) is 0 Å². The zero-order valence-electron chi connectivity index (χ0n) is 15.9. The van der Waals surface area contributed by atoms with E-state index in [1.165, 1.54) is 23.3 Å². The normalized spacial score (nSPS) is 19.6. The highest BCUT2D eigenvalue weighted by Gasteiger charge is 2.32. The van der Waals surface area contributed by atoms with Crippen LogP contribution in [0.5, 0.6) is 0 Å². The molecule has 2 aromatic rings. The molecule has 4 nitrogen and oxygen atoms in total. The molecule has 3 rings (SSSR count). The van der Waals surface area contributed by atoms with Crippen LogP contribution < -0.4 is 5.32 Å². The SMILES string of the molecule is Cc1cccc(CN2CCCC2C(=O)NCC(C)(O)c2ccc(F)cc2)c1. The number of halogens is 1. The first-order chi connectivity index (χ1) is 12.8. The number of aliphatic hydroxyl groups is 1. The molecule has 1 amide bonds. The summed E-state index contributed by atoms with van der Waals surface area (Å²) in [5.74, 6) is -0.418. The van der Waals surface area contributed by atoms with E-state index < -0.39 is 5.60 Å². The van der Waals surface area contributed by atoms with Crippen molar-refractivity contribution in [2.24, 2.45) is 0 Å². The second-order valence-electron chi connectivity index (χ2n) is 7.62. The smallest absolute Gasteiger partial charge is 0.237 e. The molecule has 144 valence electrons. The lowest BCUT2D eigenvalue weighted by molar-refractivity contribution is -0.126. The monoisotopic (exact) mass is 370 g/mol. The van der Waals surface area contributed by atoms with Crippen LogP contribution in [0, 0.1) is 12.7 Å². The minimum absolute atomic E-state index is 0.0671. The molecule has 0 radical (unpaired) electrons. The summed E-state index contributed by atoms with van der Waals surface area (Å²) in [4.78, 5) is 14.9. The number of hydrogen-bond donors (Lipinski definition) is 2. The summed E-state index contributed by atoms with van der Waals surface area (Å²) in [5, 5.41) is 13.5. The fourth-order valence-electron chi connectivity index (χ4n) is 3.65. The predicted molar refractivity (Wildman–Crippen MR) is 104 cm³/mol. The van der Waals surface area contributed by atoms with Crippen molar-refractivity contribution in [1.82, 2.24) is 10.2 Å². The van der Waals surface area contributed by atoms with Gasteiger partial charge in [-0.25, -0.2) is 4.39 Å². The first-order valence-corrected chi connectivity index (χ1v) is 9.41. The number of rotatable bonds is 6. The number of aryl methyl sites for hydroxylation is 1. The number of hydrogen-bond acceptors (Lipinski definition) is 3. The highest BCUT2D eigenvalue weighted by Crippen LogP contribution is 2.23. The van der Waals surface area contributed by atoms with E-state index in [1.54, 1.807) is 19.1 Å². The van der Waals surface area contributed by atoms with Gasteiger partial charge in [0, 0.05) is 6.54 Å². The number of nitrogens with one attached hydrogen (secondary N) is 1. The maximum Gasteiger partial charge on any atom is 0.237 e. The van der Waals surface area contributed by atoms with Gasteiger partial charge in [0.2, 0.25) is 5.91 Å². The van der Waals surface area contributed by atoms with Gasteiger partial charge in [-0.3, -0.25) is 9.69 Å². The van der Waals surface area contributed by atoms with Crippen molar-refractivity contribution in [2.75, 3.05) is 13.1 Å². The molecule has 2 aromatic carbocycles. The molecule has 0 bridgehead atoms. The summed E-state index contributed by atoms with van der Waals surface area (Å²) in [7, 11) is 0. The number of likely N-dealkylation sites (tertiary alicyclic amines) is 1. The fourth-order valence-corrected chi connectivity index (χ4v) is 3.65. The van der Waals surface area contributed by atoms with Crippen molar-refractivity contribution in [3.63, 3.8) is 0 Å². The fraction of sp³-hybridized carbons (Fsp3) is 0.409. The lowest BCUT2D eigenvalue weighted by Gasteiger charge is -2.28. The molecule has 1 aliphatic heterocycles. The van der Waals surface area contributed by atoms with Gasteiger partial charge in [0.25, 0.3) is 0 Å². The molecule has 2 unspecified atom stereocenters. The highest BCUT2D eigenvalue weighted by molar-refractivity contribution is 5.82. The maximum atomic E-state index is 13.1. The van der Waals surface area contributed by atoms with Crippen LogP contribution in [0.3, 0.4) is 0 Å². The van der Waals surface area contributed by atoms with Crippen molar-refractivity contribution in [3.05, 3.63) is 71.0 Å². The van der Waals surface area contributed by atoms with Crippen LogP contribution >= 0.6 is 0 Å². The van der Waals surface area contributed by atoms with Crippen molar-refractivity contribution < 1.29 is 14.3 Å². The Kier molecular flexibility index (Phi) is 5.92. The van der Waals surface area contributed by atoms with E-state index in [0.717, 1.165) is 25.9 Å². The molecule has 27 heavy (non-hydrogen) atoms. The third kappa shape index (κ3) is 4.93. The molecule has 1 aliphatic rings. The maximum absolute atomic E-state index is 13.1. The molecule has 1 fully saturated rings. The van der Waals surface area contributed by atoms with Gasteiger partial charge in [-0.05, 0) is 56.5 Å². The third-order valence-electron chi connectivity index (χ3n) is 5.21. The predicted octanol–water partition coefficient (Wildman–Crippen LogP) is 3.12. The van der Waals surface area contributed by atoms with E-state index in [-0.39, 0.29) is 24.3 Å². The third-order valence-corrected chi connectivity index (χ3v) is 5.21. The second-order valence-corrected chi connectivity index (χ2v) is 7.62. The summed E-state index contributed by atoms with van der Waals surface area (Å²) >= 11 is 0. The van der Waals surface area contributed by atoms with Gasteiger partial charge in [-0.15, -0.1) is 0 Å². The Balaban J connectivity index is 1.60. The average Bonchev–Trinajstić information content (AvgIpc) is 3.08. The molecule has 0 spiro atoms. The summed E-state index contributed by atoms with van der Waals surface area (Å²) < 4.78 is 13.1. The molecule has 0 aromatic heterocycles. The molecule has 5 heteroatoms. The largest absolute Gasteiger partial charge is 0.384 e. The number of carbonyl (C=O) groups is 1. The number of benzene rings is 2. The lowest BCUT2D eigenvalue weighted by atomic mass is 9.96. The van der Waals surface area contributed by atoms with Gasteiger partial charge in [0.15, 0.2) is 0 Å². The molecule has 0 saturated carbocycles. The summed E-state index contributed by atoms with van der Waals surface area (Å²) in [6.07, 6.45) is 1.80. The van der Waals surface area contributed by atoms with E-state index in [2.05, 4.69) is 35.3 Å². The van der Waals surface area contributed by atoms with Crippen molar-refractivity contribution >= 4 is 5.91 Å². The molecule has 1 saturated heterocycles. The first kappa shape index (κ1) is 19.5. The van der Waals surface area contributed by atoms with E-state index in [1.807, 2.05) is 6.07 Å². The Labute approximate surface area is 160 Å². The van der Waals surface area contributed by atoms with Crippen LogP contribution in [0.15, 0.2) is 48.5 Å². The topological polar surface area (TPSA) is 52.6 Å². The standard InChI is InChI=1S/C22H27FN2O2/c1-16-5-3-6-17(13-16)14-25-12-4-7-20(25)21(26)24-15-22(2,27)18-8-10-19(23)11-9-18/h3,5-6,8-11,13,20,27H,4,7,12,14-15H2,1-2H3,(H,24,26). The number of carbonyl (C=O) groups excluding carboxylic acids is 1. The molecule has 2 atom stereocenters. The molecule has 2 N–H and O–H groups in total. The summed E-state index contributed by atoms with van der Waals surface area (Å²) in [5.41, 5.74) is 1.74. The van der Waals surface area contributed by atoms with Gasteiger partial charge in [0.05, 0.1) is 12.6 Å². The van der Waals surface area contributed by atoms with E-state index in [4.69, 9.17) is 0 Å². The van der Waals surface area contributed by atoms with Crippen LogP contribution in [0.25, 0.3) is 0 Å². The van der Waals surface area contributed by atoms with E-state index in [0.29, 0.717) is 5.56 Å². The highest BCUT2D eigenvalue weighted by atomic mass is 19.1. The number of amides is 1. The van der Waals surface area contributed by atoms with Crippen LogP contribution in [0.4, 0.5) is 4.39 Å². The zero-order chi connectivity index (χ0) is 19.4. The van der Waals surface area contributed by atoms with Gasteiger partial charge >= 0.3 is 0 Å². The van der Waals surface area contributed by atoms with Crippen LogP contribution in [-0.2, 0) is 16.9 Å². The van der Waals surface area contributed by atoms with Crippen LogP contribution in [0.1, 0.15) is 36.5 Å². The van der Waals surface area contributed by atoms with Crippen LogP contribution in [0.2, 0.25) is 0 Å². The molecule has 1 heterocycles. The molecular formula is C22H27FN2O2. The average molecular weight is 370 g/mol. The molecule has 0 aliphatic carbocycles. The summed E-state index contributed by atoms with van der Waals surface area (Å²) in [6, 6.07) is 13.9. The van der Waals surface area contributed by atoms with Crippen molar-refractivity contribution in [3.8, 4) is 0 Å². The van der Waals surface area contributed by atoms with Crippen LogP contribution in [-0.4, -0.2) is 35.0 Å². The number of nitrogens with zero attached hydrogens (tertiary/aromatic N) is 1. The Hall–Kier alpha value is -2.24. The van der Waals surface area contributed by atoms with Crippen molar-refractivity contribution in [1.29, 1.82) is 0 Å². The second kappa shape index (κ2) is 8.19. The minimum atomic E-state index is -1.25. The Morgan fingerprint density at radius 2 is 2.04 bits per heavy atom. The van der Waals surface area contributed by atoms with E-state index >= 15 is 0 Å². The van der Waals surface area contributed by atoms with E-state index in [9.17, 15) is 14.3 Å². The summed E-state index contributed by atoms with van der Waals surface area (Å²) in [6.45, 7) is 5.41. The lowest BCUT2D eigenvalue weighted by Crippen LogP contribution is -2.47. The Morgan fingerprint density at radius 1 is 1.30 bits per heavy atom. The van der Waals surface area contributed by atoms with Gasteiger partial charge < -0.3 is 10.4 Å². The molecular weight excluding hydrogens is 343 g/mol.